The Morgan fingerprint density at radius 1 is 1.11 bits per heavy atom. The maximum absolute atomic E-state index is 13.7. The van der Waals surface area contributed by atoms with E-state index in [9.17, 15) is 14.4 Å². The molecule has 0 bridgehead atoms. The highest BCUT2D eigenvalue weighted by Crippen LogP contribution is 2.44. The summed E-state index contributed by atoms with van der Waals surface area (Å²) in [7, 11) is 1.86. The third-order valence-corrected chi connectivity index (χ3v) is 8.25. The van der Waals surface area contributed by atoms with E-state index in [2.05, 4.69) is 15.2 Å². The van der Waals surface area contributed by atoms with E-state index in [0.717, 1.165) is 33.7 Å². The van der Waals surface area contributed by atoms with Crippen molar-refractivity contribution in [3.05, 3.63) is 82.2 Å². The number of nitrogens with zero attached hydrogens (tertiary/aromatic N) is 5. The number of ether oxygens (including phenoxy) is 2. The second kappa shape index (κ2) is 13.0. The van der Waals surface area contributed by atoms with E-state index >= 15 is 0 Å². The number of fused-ring (bicyclic) bond motifs is 2. The summed E-state index contributed by atoms with van der Waals surface area (Å²) >= 11 is 6.66. The van der Waals surface area contributed by atoms with Crippen LogP contribution in [0.3, 0.4) is 0 Å². The number of halogens is 1. The number of aryl methyl sites for hydroxylation is 1. The SMILES string of the molecule is CC(=O)OC(C)(C)C(=O)NC(C1=Cc2cccnc2C(N2CCN(C(=O)OC(C)C)CC2)c2ccc(Cl)cc21)c1cncn1C. The van der Waals surface area contributed by atoms with E-state index in [1.807, 2.05) is 61.9 Å². The molecule has 1 saturated heterocycles. The molecule has 3 aromatic rings. The van der Waals surface area contributed by atoms with Crippen LogP contribution in [0, 0.1) is 0 Å². The van der Waals surface area contributed by atoms with Gasteiger partial charge in [0.05, 0.1) is 42.1 Å². The molecule has 2 aromatic heterocycles. The maximum Gasteiger partial charge on any atom is 0.410 e. The van der Waals surface area contributed by atoms with Crippen molar-refractivity contribution in [2.75, 3.05) is 26.2 Å². The number of benzene rings is 1. The number of amides is 2. The fraction of sp³-hybridized carbons (Fsp3) is 0.424. The number of rotatable bonds is 7. The number of piperazine rings is 1. The van der Waals surface area contributed by atoms with E-state index in [4.69, 9.17) is 26.1 Å². The number of hydrogen-bond acceptors (Lipinski definition) is 8. The molecule has 3 heterocycles. The fourth-order valence-corrected chi connectivity index (χ4v) is 6.08. The van der Waals surface area contributed by atoms with Crippen LogP contribution >= 0.6 is 11.6 Å². The maximum atomic E-state index is 13.7. The molecule has 0 saturated carbocycles. The van der Waals surface area contributed by atoms with E-state index in [1.165, 1.54) is 6.92 Å². The molecule has 1 N–H and O–H groups in total. The van der Waals surface area contributed by atoms with Gasteiger partial charge in [0, 0.05) is 51.4 Å². The lowest BCUT2D eigenvalue weighted by Crippen LogP contribution is -2.50. The Morgan fingerprint density at radius 2 is 1.84 bits per heavy atom. The van der Waals surface area contributed by atoms with Crippen molar-refractivity contribution < 1.29 is 23.9 Å². The van der Waals surface area contributed by atoms with Crippen molar-refractivity contribution in [2.24, 2.45) is 7.05 Å². The summed E-state index contributed by atoms with van der Waals surface area (Å²) in [5, 5.41) is 3.68. The number of esters is 1. The minimum absolute atomic E-state index is 0.193. The van der Waals surface area contributed by atoms with Crippen molar-refractivity contribution in [2.45, 2.75) is 58.4 Å². The summed E-state index contributed by atoms with van der Waals surface area (Å²) < 4.78 is 12.7. The lowest BCUT2D eigenvalue weighted by molar-refractivity contribution is -0.163. The molecule has 0 radical (unpaired) electrons. The van der Waals surface area contributed by atoms with Gasteiger partial charge >= 0.3 is 12.1 Å². The largest absolute Gasteiger partial charge is 0.450 e. The number of pyridine rings is 1. The standard InChI is InChI=1S/C33H39ClN6O5/c1-20(2)44-32(43)40-14-12-39(13-15-40)30-24-10-9-23(34)17-25(24)26(16-22-8-7-11-36-28(22)30)29(27-18-35-19-38(27)6)37-31(42)33(4,5)45-21(3)41/h7-11,16-20,29-30H,12-15H2,1-6H3,(H,37,42). The van der Waals surface area contributed by atoms with Crippen LogP contribution < -0.4 is 5.32 Å². The van der Waals surface area contributed by atoms with Crippen molar-refractivity contribution in [3.63, 3.8) is 0 Å². The Kier molecular flexibility index (Phi) is 9.31. The summed E-state index contributed by atoms with van der Waals surface area (Å²) in [5.74, 6) is -1.02. The number of imidazole rings is 1. The Bertz CT molecular complexity index is 1620. The molecule has 0 spiro atoms. The van der Waals surface area contributed by atoms with Crippen molar-refractivity contribution in [1.82, 2.24) is 29.7 Å². The van der Waals surface area contributed by atoms with Gasteiger partial charge < -0.3 is 24.3 Å². The van der Waals surface area contributed by atoms with Crippen LogP contribution in [0.4, 0.5) is 4.79 Å². The number of carbonyl (C=O) groups is 3. The molecule has 5 rings (SSSR count). The average molecular weight is 635 g/mol. The van der Waals surface area contributed by atoms with E-state index in [0.29, 0.717) is 31.2 Å². The van der Waals surface area contributed by atoms with Crippen LogP contribution in [0.5, 0.6) is 0 Å². The molecule has 2 aliphatic rings. The van der Waals surface area contributed by atoms with Crippen LogP contribution in [0.2, 0.25) is 5.02 Å². The van der Waals surface area contributed by atoms with Crippen LogP contribution in [0.15, 0.2) is 49.1 Å². The van der Waals surface area contributed by atoms with Crippen LogP contribution in [0.1, 0.15) is 74.8 Å². The Morgan fingerprint density at radius 3 is 2.49 bits per heavy atom. The van der Waals surface area contributed by atoms with Crippen molar-refractivity contribution >= 4 is 41.2 Å². The molecule has 2 unspecified atom stereocenters. The zero-order valence-electron chi connectivity index (χ0n) is 26.4. The first-order valence-corrected chi connectivity index (χ1v) is 15.4. The lowest BCUT2D eigenvalue weighted by Gasteiger charge is -2.39. The number of aromatic nitrogens is 3. The highest BCUT2D eigenvalue weighted by atomic mass is 35.5. The zero-order valence-corrected chi connectivity index (χ0v) is 27.2. The summed E-state index contributed by atoms with van der Waals surface area (Å²) in [6.45, 7) is 10.3. The average Bonchev–Trinajstić information content (AvgIpc) is 3.34. The van der Waals surface area contributed by atoms with Gasteiger partial charge in [-0.1, -0.05) is 23.7 Å². The molecule has 45 heavy (non-hydrogen) atoms. The predicted molar refractivity (Wildman–Crippen MR) is 170 cm³/mol. The number of carbonyl (C=O) groups excluding carboxylic acids is 3. The topological polar surface area (TPSA) is 119 Å². The first-order chi connectivity index (χ1) is 21.4. The molecule has 1 fully saturated rings. The Balaban J connectivity index is 1.60. The molecule has 12 heteroatoms. The number of hydrogen-bond donors (Lipinski definition) is 1. The van der Waals surface area contributed by atoms with E-state index < -0.39 is 23.5 Å². The fourth-order valence-electron chi connectivity index (χ4n) is 5.90. The van der Waals surface area contributed by atoms with Gasteiger partial charge in [-0.25, -0.2) is 9.78 Å². The van der Waals surface area contributed by atoms with Gasteiger partial charge in [0.25, 0.3) is 5.91 Å². The van der Waals surface area contributed by atoms with Crippen LogP contribution in [-0.2, 0) is 26.1 Å². The second-order valence-electron chi connectivity index (χ2n) is 12.1. The Labute approximate surface area is 268 Å². The quantitative estimate of drug-likeness (QED) is 0.369. The van der Waals surface area contributed by atoms with Gasteiger partial charge in [0.15, 0.2) is 5.60 Å². The molecule has 1 aliphatic carbocycles. The van der Waals surface area contributed by atoms with Crippen LogP contribution in [-0.4, -0.2) is 80.2 Å². The molecule has 2 amide bonds. The van der Waals surface area contributed by atoms with Gasteiger partial charge in [-0.3, -0.25) is 19.5 Å². The van der Waals surface area contributed by atoms with Gasteiger partial charge in [0.2, 0.25) is 0 Å². The van der Waals surface area contributed by atoms with E-state index in [-0.39, 0.29) is 18.2 Å². The van der Waals surface area contributed by atoms with Gasteiger partial charge in [0.1, 0.15) is 0 Å². The zero-order chi connectivity index (χ0) is 32.5. The molecule has 1 aromatic carbocycles. The summed E-state index contributed by atoms with van der Waals surface area (Å²) in [6.07, 6.45) is 6.68. The minimum Gasteiger partial charge on any atom is -0.450 e. The Hall–Kier alpha value is -4.22. The normalized spacial score (nSPS) is 17.5. The summed E-state index contributed by atoms with van der Waals surface area (Å²) in [4.78, 5) is 51.4. The lowest BCUT2D eigenvalue weighted by atomic mass is 9.89. The summed E-state index contributed by atoms with van der Waals surface area (Å²) in [5.41, 5.74) is 3.60. The van der Waals surface area contributed by atoms with E-state index in [1.54, 1.807) is 37.5 Å². The second-order valence-corrected chi connectivity index (χ2v) is 12.5. The number of nitrogens with one attached hydrogen (secondary N) is 1. The molecular weight excluding hydrogens is 596 g/mol. The molecular formula is C33H39ClN6O5. The molecule has 11 nitrogen and oxygen atoms in total. The highest BCUT2D eigenvalue weighted by Gasteiger charge is 2.38. The summed E-state index contributed by atoms with van der Waals surface area (Å²) in [6, 6.07) is 8.71. The van der Waals surface area contributed by atoms with Crippen molar-refractivity contribution in [1.29, 1.82) is 0 Å². The third kappa shape index (κ3) is 6.89. The van der Waals surface area contributed by atoms with Gasteiger partial charge in [-0.2, -0.15) is 0 Å². The minimum atomic E-state index is -1.43. The monoisotopic (exact) mass is 634 g/mol. The van der Waals surface area contributed by atoms with Gasteiger partial charge in [-0.05, 0) is 74.2 Å². The van der Waals surface area contributed by atoms with Crippen molar-refractivity contribution in [3.8, 4) is 0 Å². The predicted octanol–water partition coefficient (Wildman–Crippen LogP) is 4.77. The molecule has 238 valence electrons. The first kappa shape index (κ1) is 32.2. The van der Waals surface area contributed by atoms with Gasteiger partial charge in [-0.15, -0.1) is 0 Å². The highest BCUT2D eigenvalue weighted by molar-refractivity contribution is 6.30. The van der Waals surface area contributed by atoms with Crippen LogP contribution in [0.25, 0.3) is 11.6 Å². The third-order valence-electron chi connectivity index (χ3n) is 8.02. The smallest absolute Gasteiger partial charge is 0.410 e. The molecule has 1 aliphatic heterocycles. The first-order valence-electron chi connectivity index (χ1n) is 15.0. The molecule has 2 atom stereocenters.